The molecule has 1 aromatic heterocycles. The molecule has 2 N–H and O–H groups in total. The lowest BCUT2D eigenvalue weighted by Gasteiger charge is -2.07. The zero-order valence-corrected chi connectivity index (χ0v) is 11.3. The number of aromatic nitrogens is 2. The van der Waals surface area contributed by atoms with E-state index in [9.17, 15) is 5.11 Å². The van der Waals surface area contributed by atoms with Crippen LogP contribution in [0.4, 0.5) is 5.69 Å². The van der Waals surface area contributed by atoms with Crippen LogP contribution >= 0.6 is 15.9 Å². The normalized spacial score (nSPS) is 10.5. The van der Waals surface area contributed by atoms with Gasteiger partial charge < -0.3 is 10.4 Å². The molecular weight excluding hydrogens is 282 g/mol. The lowest BCUT2D eigenvalue weighted by atomic mass is 10.2. The van der Waals surface area contributed by atoms with Gasteiger partial charge in [-0.15, -0.1) is 0 Å². The van der Waals surface area contributed by atoms with Gasteiger partial charge >= 0.3 is 0 Å². The van der Waals surface area contributed by atoms with Crippen molar-refractivity contribution in [2.75, 3.05) is 5.32 Å². The molecule has 0 aliphatic rings. The molecule has 0 unspecified atom stereocenters. The summed E-state index contributed by atoms with van der Waals surface area (Å²) in [5.41, 5.74) is 2.77. The fraction of sp³-hybridized carbons (Fsp3) is 0.250. The summed E-state index contributed by atoms with van der Waals surface area (Å²) in [5.74, 6) is 0.294. The standard InChI is InChI=1S/C12H14BrN3O/c1-8-11(7-16(2)15-8)14-6-9-5-10(13)3-4-12(9)17/h3-5,7,14,17H,6H2,1-2H3. The maximum atomic E-state index is 9.71. The number of hydrogen-bond donors (Lipinski definition) is 2. The average molecular weight is 296 g/mol. The third-order valence-corrected chi connectivity index (χ3v) is 3.02. The first-order valence-electron chi connectivity index (χ1n) is 5.28. The van der Waals surface area contributed by atoms with Crippen LogP contribution in [0.25, 0.3) is 0 Å². The van der Waals surface area contributed by atoms with Gasteiger partial charge in [-0.2, -0.15) is 5.10 Å². The molecule has 90 valence electrons. The number of rotatable bonds is 3. The van der Waals surface area contributed by atoms with Gasteiger partial charge in [-0.05, 0) is 25.1 Å². The second kappa shape index (κ2) is 4.79. The van der Waals surface area contributed by atoms with E-state index in [2.05, 4.69) is 26.3 Å². The van der Waals surface area contributed by atoms with Gasteiger partial charge in [0, 0.05) is 29.8 Å². The number of aromatic hydroxyl groups is 1. The highest BCUT2D eigenvalue weighted by Gasteiger charge is 2.05. The van der Waals surface area contributed by atoms with Gasteiger partial charge in [-0.3, -0.25) is 4.68 Å². The lowest BCUT2D eigenvalue weighted by molar-refractivity contribution is 0.469. The predicted molar refractivity (Wildman–Crippen MR) is 71.1 cm³/mol. The predicted octanol–water partition coefficient (Wildman–Crippen LogP) is 2.81. The quantitative estimate of drug-likeness (QED) is 0.915. The van der Waals surface area contributed by atoms with Crippen LogP contribution in [0.1, 0.15) is 11.3 Å². The van der Waals surface area contributed by atoms with Crippen LogP contribution in [0.15, 0.2) is 28.9 Å². The Labute approximate surface area is 108 Å². The molecule has 1 heterocycles. The number of phenolic OH excluding ortho intramolecular Hbond substituents is 1. The molecule has 0 bridgehead atoms. The van der Waals surface area contributed by atoms with Crippen molar-refractivity contribution in [3.63, 3.8) is 0 Å². The summed E-state index contributed by atoms with van der Waals surface area (Å²) in [6.07, 6.45) is 1.92. The Morgan fingerprint density at radius 1 is 1.47 bits per heavy atom. The molecule has 0 radical (unpaired) electrons. The molecule has 0 aliphatic carbocycles. The van der Waals surface area contributed by atoms with E-state index in [0.717, 1.165) is 21.4 Å². The molecule has 0 saturated carbocycles. The van der Waals surface area contributed by atoms with Crippen molar-refractivity contribution in [2.24, 2.45) is 7.05 Å². The smallest absolute Gasteiger partial charge is 0.120 e. The van der Waals surface area contributed by atoms with E-state index in [1.807, 2.05) is 32.3 Å². The van der Waals surface area contributed by atoms with E-state index >= 15 is 0 Å². The van der Waals surface area contributed by atoms with Crippen LogP contribution in [0.5, 0.6) is 5.75 Å². The highest BCUT2D eigenvalue weighted by atomic mass is 79.9. The molecule has 0 atom stereocenters. The molecule has 2 aromatic rings. The fourth-order valence-electron chi connectivity index (χ4n) is 1.66. The van der Waals surface area contributed by atoms with Crippen molar-refractivity contribution in [1.29, 1.82) is 0 Å². The zero-order valence-electron chi connectivity index (χ0n) is 9.74. The SMILES string of the molecule is Cc1nn(C)cc1NCc1cc(Br)ccc1O. The summed E-state index contributed by atoms with van der Waals surface area (Å²) in [4.78, 5) is 0. The Morgan fingerprint density at radius 3 is 2.88 bits per heavy atom. The summed E-state index contributed by atoms with van der Waals surface area (Å²) in [5, 5.41) is 17.2. The van der Waals surface area contributed by atoms with E-state index < -0.39 is 0 Å². The Bertz CT molecular complexity index is 537. The van der Waals surface area contributed by atoms with E-state index in [0.29, 0.717) is 12.3 Å². The summed E-state index contributed by atoms with van der Waals surface area (Å²) >= 11 is 3.39. The molecule has 0 saturated heterocycles. The third kappa shape index (κ3) is 2.79. The first-order valence-corrected chi connectivity index (χ1v) is 6.07. The van der Waals surface area contributed by atoms with E-state index in [-0.39, 0.29) is 0 Å². The Balaban J connectivity index is 2.12. The second-order valence-electron chi connectivity index (χ2n) is 3.93. The lowest BCUT2D eigenvalue weighted by Crippen LogP contribution is -2.00. The highest BCUT2D eigenvalue weighted by Crippen LogP contribution is 2.23. The minimum absolute atomic E-state index is 0.294. The van der Waals surface area contributed by atoms with Crippen LogP contribution in [0.3, 0.4) is 0 Å². The first kappa shape index (κ1) is 12.0. The van der Waals surface area contributed by atoms with Gasteiger partial charge in [0.05, 0.1) is 11.4 Å². The zero-order chi connectivity index (χ0) is 12.4. The molecule has 0 aliphatic heterocycles. The van der Waals surface area contributed by atoms with Gasteiger partial charge in [0.1, 0.15) is 5.75 Å². The number of hydrogen-bond acceptors (Lipinski definition) is 3. The average Bonchev–Trinajstić information content (AvgIpc) is 2.59. The van der Waals surface area contributed by atoms with Crippen molar-refractivity contribution in [1.82, 2.24) is 9.78 Å². The molecular formula is C12H14BrN3O. The number of benzene rings is 1. The van der Waals surface area contributed by atoms with Crippen LogP contribution in [0.2, 0.25) is 0 Å². The Hall–Kier alpha value is -1.49. The van der Waals surface area contributed by atoms with Crippen molar-refractivity contribution >= 4 is 21.6 Å². The van der Waals surface area contributed by atoms with Crippen molar-refractivity contribution < 1.29 is 5.11 Å². The summed E-state index contributed by atoms with van der Waals surface area (Å²) < 4.78 is 2.72. The number of halogens is 1. The molecule has 0 spiro atoms. The number of aryl methyl sites for hydroxylation is 2. The van der Waals surface area contributed by atoms with Crippen molar-refractivity contribution in [3.8, 4) is 5.75 Å². The Morgan fingerprint density at radius 2 is 2.24 bits per heavy atom. The number of nitrogens with zero attached hydrogens (tertiary/aromatic N) is 2. The Kier molecular flexibility index (Phi) is 3.38. The molecule has 4 nitrogen and oxygen atoms in total. The van der Waals surface area contributed by atoms with Crippen LogP contribution in [-0.4, -0.2) is 14.9 Å². The molecule has 0 amide bonds. The third-order valence-electron chi connectivity index (χ3n) is 2.52. The number of anilines is 1. The maximum Gasteiger partial charge on any atom is 0.120 e. The largest absolute Gasteiger partial charge is 0.508 e. The van der Waals surface area contributed by atoms with Gasteiger partial charge in [0.2, 0.25) is 0 Å². The molecule has 0 fully saturated rings. The molecule has 17 heavy (non-hydrogen) atoms. The number of nitrogens with one attached hydrogen (secondary N) is 1. The monoisotopic (exact) mass is 295 g/mol. The first-order chi connectivity index (χ1) is 8.06. The summed E-state index contributed by atoms with van der Waals surface area (Å²) in [7, 11) is 1.88. The van der Waals surface area contributed by atoms with Gasteiger partial charge in [-0.1, -0.05) is 15.9 Å². The van der Waals surface area contributed by atoms with Gasteiger partial charge in [-0.25, -0.2) is 0 Å². The van der Waals surface area contributed by atoms with Gasteiger partial charge in [0.25, 0.3) is 0 Å². The van der Waals surface area contributed by atoms with Crippen LogP contribution in [-0.2, 0) is 13.6 Å². The topological polar surface area (TPSA) is 50.1 Å². The maximum absolute atomic E-state index is 9.71. The highest BCUT2D eigenvalue weighted by molar-refractivity contribution is 9.10. The fourth-order valence-corrected chi connectivity index (χ4v) is 2.07. The molecule has 5 heteroatoms. The molecule has 1 aromatic carbocycles. The van der Waals surface area contributed by atoms with Gasteiger partial charge in [0.15, 0.2) is 0 Å². The van der Waals surface area contributed by atoms with E-state index in [4.69, 9.17) is 0 Å². The second-order valence-corrected chi connectivity index (χ2v) is 4.84. The van der Waals surface area contributed by atoms with Crippen molar-refractivity contribution in [3.05, 3.63) is 40.1 Å². The van der Waals surface area contributed by atoms with Crippen LogP contribution in [0, 0.1) is 6.92 Å². The van der Waals surface area contributed by atoms with Crippen LogP contribution < -0.4 is 5.32 Å². The van der Waals surface area contributed by atoms with E-state index in [1.54, 1.807) is 10.7 Å². The minimum atomic E-state index is 0.294. The number of phenols is 1. The van der Waals surface area contributed by atoms with Crippen molar-refractivity contribution in [2.45, 2.75) is 13.5 Å². The summed E-state index contributed by atoms with van der Waals surface area (Å²) in [6, 6.07) is 5.39. The summed E-state index contributed by atoms with van der Waals surface area (Å²) in [6.45, 7) is 2.51. The van der Waals surface area contributed by atoms with E-state index in [1.165, 1.54) is 0 Å². The minimum Gasteiger partial charge on any atom is -0.508 e. The molecule has 2 rings (SSSR count).